The van der Waals surface area contributed by atoms with Crippen molar-refractivity contribution in [1.82, 2.24) is 14.9 Å². The lowest BCUT2D eigenvalue weighted by Gasteiger charge is -2.32. The molecule has 0 bridgehead atoms. The number of nitrogens with one attached hydrogen (secondary N) is 2. The average Bonchev–Trinajstić information content (AvgIpc) is 2.60. The number of sulfonamides is 1. The summed E-state index contributed by atoms with van der Waals surface area (Å²) in [7, 11) is -1.57. The molecule has 0 spiro atoms. The zero-order valence-electron chi connectivity index (χ0n) is 15.3. The van der Waals surface area contributed by atoms with Crippen molar-refractivity contribution in [3.05, 3.63) is 29.8 Å². The normalized spacial score (nSPS) is 16.4. The first-order valence-corrected chi connectivity index (χ1v) is 10.4. The van der Waals surface area contributed by atoms with Crippen LogP contribution in [-0.2, 0) is 10.0 Å². The predicted octanol–water partition coefficient (Wildman–Crippen LogP) is 1.69. The molecule has 2 N–H and O–H groups in total. The lowest BCUT2D eigenvalue weighted by atomic mass is 9.96. The first kappa shape index (κ1) is 19.9. The number of amides is 1. The van der Waals surface area contributed by atoms with Crippen LogP contribution in [0.15, 0.2) is 29.2 Å². The van der Waals surface area contributed by atoms with Gasteiger partial charge in [-0.2, -0.15) is 0 Å². The monoisotopic (exact) mass is 367 g/mol. The van der Waals surface area contributed by atoms with Gasteiger partial charge in [0.1, 0.15) is 0 Å². The van der Waals surface area contributed by atoms with Crippen molar-refractivity contribution < 1.29 is 13.2 Å². The number of nitrogens with zero attached hydrogens (tertiary/aromatic N) is 1. The van der Waals surface area contributed by atoms with Gasteiger partial charge in [0.25, 0.3) is 5.91 Å². The molecular weight excluding hydrogens is 338 g/mol. The predicted molar refractivity (Wildman–Crippen MR) is 99.0 cm³/mol. The summed E-state index contributed by atoms with van der Waals surface area (Å²) < 4.78 is 27.0. The van der Waals surface area contributed by atoms with E-state index in [1.54, 1.807) is 12.1 Å². The van der Waals surface area contributed by atoms with Crippen LogP contribution in [0.2, 0.25) is 0 Å². The highest BCUT2D eigenvalue weighted by molar-refractivity contribution is 7.89. The summed E-state index contributed by atoms with van der Waals surface area (Å²) in [6.07, 6.45) is 2.00. The minimum atomic E-state index is -3.52. The largest absolute Gasteiger partial charge is 0.339 e. The van der Waals surface area contributed by atoms with E-state index in [0.29, 0.717) is 18.0 Å². The molecule has 1 aromatic rings. The number of piperidine rings is 1. The van der Waals surface area contributed by atoms with E-state index in [1.165, 1.54) is 12.1 Å². The topological polar surface area (TPSA) is 78.5 Å². The maximum Gasteiger partial charge on any atom is 0.253 e. The fourth-order valence-electron chi connectivity index (χ4n) is 2.95. The Hall–Kier alpha value is -1.44. The molecule has 0 aliphatic carbocycles. The van der Waals surface area contributed by atoms with Crippen molar-refractivity contribution >= 4 is 15.9 Å². The third-order valence-electron chi connectivity index (χ3n) is 4.49. The molecule has 0 atom stereocenters. The highest BCUT2D eigenvalue weighted by Crippen LogP contribution is 2.19. The van der Waals surface area contributed by atoms with E-state index in [-0.39, 0.29) is 16.7 Å². The van der Waals surface area contributed by atoms with Crippen molar-refractivity contribution in [1.29, 1.82) is 0 Å². The third kappa shape index (κ3) is 5.52. The lowest BCUT2D eigenvalue weighted by molar-refractivity contribution is 0.0691. The Bertz CT molecular complexity index is 663. The van der Waals surface area contributed by atoms with Gasteiger partial charge in [-0.05, 0) is 62.5 Å². The molecule has 1 aliphatic rings. The van der Waals surface area contributed by atoms with Gasteiger partial charge in [0, 0.05) is 25.2 Å². The zero-order chi connectivity index (χ0) is 18.4. The van der Waals surface area contributed by atoms with Crippen molar-refractivity contribution in [3.63, 3.8) is 0 Å². The van der Waals surface area contributed by atoms with E-state index >= 15 is 0 Å². The highest BCUT2D eigenvalue weighted by atomic mass is 32.2. The molecule has 140 valence electrons. The molecule has 6 nitrogen and oxygen atoms in total. The standard InChI is InChI=1S/C18H29N3O3S/c1-14(2)12-20-25(23,24)17-6-4-16(5-7-17)18(22)21-10-8-15(9-11-21)13-19-3/h4-7,14-15,19-20H,8-13H2,1-3H3. The van der Waals surface area contributed by atoms with Crippen LogP contribution in [0.4, 0.5) is 0 Å². The summed E-state index contributed by atoms with van der Waals surface area (Å²) in [5.41, 5.74) is 0.537. The maximum atomic E-state index is 12.6. The lowest BCUT2D eigenvalue weighted by Crippen LogP contribution is -2.40. The number of hydrogen-bond acceptors (Lipinski definition) is 4. The Morgan fingerprint density at radius 3 is 2.32 bits per heavy atom. The molecule has 1 saturated heterocycles. The van der Waals surface area contributed by atoms with Gasteiger partial charge >= 0.3 is 0 Å². The molecule has 1 amide bonds. The van der Waals surface area contributed by atoms with Crippen LogP contribution in [0.1, 0.15) is 37.0 Å². The van der Waals surface area contributed by atoms with Crippen molar-refractivity contribution in [2.45, 2.75) is 31.6 Å². The van der Waals surface area contributed by atoms with Gasteiger partial charge in [-0.3, -0.25) is 4.79 Å². The molecule has 1 aromatic carbocycles. The molecule has 0 aromatic heterocycles. The van der Waals surface area contributed by atoms with Crippen LogP contribution < -0.4 is 10.0 Å². The minimum Gasteiger partial charge on any atom is -0.339 e. The Morgan fingerprint density at radius 2 is 1.80 bits per heavy atom. The number of carbonyl (C=O) groups is 1. The number of rotatable bonds is 7. The van der Waals surface area contributed by atoms with Gasteiger partial charge in [0.15, 0.2) is 0 Å². The molecular formula is C18H29N3O3S. The van der Waals surface area contributed by atoms with E-state index in [1.807, 2.05) is 25.8 Å². The van der Waals surface area contributed by atoms with E-state index in [4.69, 9.17) is 0 Å². The molecule has 0 unspecified atom stereocenters. The summed E-state index contributed by atoms with van der Waals surface area (Å²) in [6.45, 7) is 6.78. The van der Waals surface area contributed by atoms with Gasteiger partial charge in [0.2, 0.25) is 10.0 Å². The summed E-state index contributed by atoms with van der Waals surface area (Å²) in [4.78, 5) is 14.6. The molecule has 1 aliphatic heterocycles. The molecule has 7 heteroatoms. The second-order valence-electron chi connectivity index (χ2n) is 7.06. The summed E-state index contributed by atoms with van der Waals surface area (Å²) in [5, 5.41) is 3.18. The molecule has 0 radical (unpaired) electrons. The first-order valence-electron chi connectivity index (χ1n) is 8.87. The average molecular weight is 368 g/mol. The zero-order valence-corrected chi connectivity index (χ0v) is 16.1. The van der Waals surface area contributed by atoms with Crippen LogP contribution in [0.25, 0.3) is 0 Å². The Morgan fingerprint density at radius 1 is 1.20 bits per heavy atom. The van der Waals surface area contributed by atoms with E-state index in [2.05, 4.69) is 10.0 Å². The molecule has 1 heterocycles. The minimum absolute atomic E-state index is 0.0259. The summed E-state index contributed by atoms with van der Waals surface area (Å²) in [5.74, 6) is 0.831. The Labute approximate surface area is 151 Å². The Kier molecular flexibility index (Phi) is 6.98. The SMILES string of the molecule is CNCC1CCN(C(=O)c2ccc(S(=O)(=O)NCC(C)C)cc2)CC1. The van der Waals surface area contributed by atoms with Crippen molar-refractivity contribution in [2.75, 3.05) is 33.2 Å². The van der Waals surface area contributed by atoms with Gasteiger partial charge in [-0.25, -0.2) is 13.1 Å². The van der Waals surface area contributed by atoms with Crippen LogP contribution in [0.3, 0.4) is 0 Å². The van der Waals surface area contributed by atoms with Gasteiger partial charge in [-0.15, -0.1) is 0 Å². The maximum absolute atomic E-state index is 12.6. The molecule has 25 heavy (non-hydrogen) atoms. The summed E-state index contributed by atoms with van der Waals surface area (Å²) >= 11 is 0. The molecule has 2 rings (SSSR count). The smallest absolute Gasteiger partial charge is 0.253 e. The van der Waals surface area contributed by atoms with E-state index in [0.717, 1.165) is 32.5 Å². The second kappa shape index (κ2) is 8.78. The van der Waals surface area contributed by atoms with Crippen LogP contribution in [-0.4, -0.2) is 52.5 Å². The number of carbonyl (C=O) groups excluding carboxylic acids is 1. The first-order chi connectivity index (χ1) is 11.8. The number of likely N-dealkylation sites (tertiary alicyclic amines) is 1. The second-order valence-corrected chi connectivity index (χ2v) is 8.83. The third-order valence-corrected chi connectivity index (χ3v) is 5.93. The van der Waals surface area contributed by atoms with E-state index in [9.17, 15) is 13.2 Å². The Balaban J connectivity index is 1.99. The number of hydrogen-bond donors (Lipinski definition) is 2. The molecule has 0 saturated carbocycles. The highest BCUT2D eigenvalue weighted by Gasteiger charge is 2.23. The van der Waals surface area contributed by atoms with E-state index < -0.39 is 10.0 Å². The molecule has 1 fully saturated rings. The summed E-state index contributed by atoms with van der Waals surface area (Å²) in [6, 6.07) is 6.21. The van der Waals surface area contributed by atoms with Crippen molar-refractivity contribution in [2.24, 2.45) is 11.8 Å². The fourth-order valence-corrected chi connectivity index (χ4v) is 4.16. The van der Waals surface area contributed by atoms with Crippen LogP contribution in [0, 0.1) is 11.8 Å². The van der Waals surface area contributed by atoms with Gasteiger partial charge in [-0.1, -0.05) is 13.8 Å². The van der Waals surface area contributed by atoms with Gasteiger partial charge in [0.05, 0.1) is 4.90 Å². The quantitative estimate of drug-likeness (QED) is 0.769. The fraction of sp³-hybridized carbons (Fsp3) is 0.611. The van der Waals surface area contributed by atoms with Gasteiger partial charge < -0.3 is 10.2 Å². The van der Waals surface area contributed by atoms with Crippen LogP contribution >= 0.6 is 0 Å². The number of benzene rings is 1. The van der Waals surface area contributed by atoms with Crippen LogP contribution in [0.5, 0.6) is 0 Å². The van der Waals surface area contributed by atoms with Crippen molar-refractivity contribution in [3.8, 4) is 0 Å².